The van der Waals surface area contributed by atoms with Crippen LogP contribution in [0.4, 0.5) is 5.69 Å². The lowest BCUT2D eigenvalue weighted by Crippen LogP contribution is -2.45. The molecule has 5 rings (SSSR count). The zero-order valence-electron chi connectivity index (χ0n) is 16.4. The molecule has 5 nitrogen and oxygen atoms in total. The van der Waals surface area contributed by atoms with E-state index in [1.54, 1.807) is 12.4 Å². The average Bonchev–Trinajstić information content (AvgIpc) is 3.14. The number of amides is 1. The van der Waals surface area contributed by atoms with E-state index in [0.29, 0.717) is 11.6 Å². The van der Waals surface area contributed by atoms with Gasteiger partial charge in [0.05, 0.1) is 28.9 Å². The molecule has 1 amide bonds. The van der Waals surface area contributed by atoms with Crippen molar-refractivity contribution in [3.8, 4) is 0 Å². The lowest BCUT2D eigenvalue weighted by atomic mass is 9.65. The second-order valence-corrected chi connectivity index (χ2v) is 9.34. The van der Waals surface area contributed by atoms with Crippen LogP contribution in [0.1, 0.15) is 36.9 Å². The standard InChI is InChI=1S/C22H23ClN4OS/c1-29-9-3-8-26-17(11-15-10-16(23)12-25-20(15)26)14-27-19-13-24-7-4-18(19)22(21(27)28)5-2-6-22/h4,7,10-13H,2-3,5-6,8-9,14H2,1H3. The Morgan fingerprint density at radius 3 is 2.90 bits per heavy atom. The highest BCUT2D eigenvalue weighted by Gasteiger charge is 2.54. The van der Waals surface area contributed by atoms with Gasteiger partial charge in [-0.05, 0) is 55.0 Å². The number of anilines is 1. The summed E-state index contributed by atoms with van der Waals surface area (Å²) >= 11 is 8.03. The third kappa shape index (κ3) is 2.96. The maximum Gasteiger partial charge on any atom is 0.238 e. The number of halogens is 1. The van der Waals surface area contributed by atoms with Crippen LogP contribution in [-0.4, -0.2) is 32.5 Å². The molecule has 2 aliphatic rings. The van der Waals surface area contributed by atoms with Crippen molar-refractivity contribution in [3.63, 3.8) is 0 Å². The first kappa shape index (κ1) is 18.9. The van der Waals surface area contributed by atoms with E-state index in [2.05, 4.69) is 26.9 Å². The minimum atomic E-state index is -0.324. The van der Waals surface area contributed by atoms with E-state index in [4.69, 9.17) is 11.6 Å². The molecule has 0 aromatic carbocycles. The highest BCUT2D eigenvalue weighted by molar-refractivity contribution is 7.98. The van der Waals surface area contributed by atoms with Gasteiger partial charge in [0.2, 0.25) is 5.91 Å². The minimum Gasteiger partial charge on any atom is -0.328 e. The van der Waals surface area contributed by atoms with Gasteiger partial charge in [-0.15, -0.1) is 0 Å². The van der Waals surface area contributed by atoms with Crippen LogP contribution < -0.4 is 4.90 Å². The Bertz CT molecular complexity index is 1090. The van der Waals surface area contributed by atoms with Crippen LogP contribution in [0.2, 0.25) is 5.02 Å². The summed E-state index contributed by atoms with van der Waals surface area (Å²) in [5.41, 5.74) is 3.81. The van der Waals surface area contributed by atoms with Crippen LogP contribution in [-0.2, 0) is 23.3 Å². The smallest absolute Gasteiger partial charge is 0.238 e. The Morgan fingerprint density at radius 2 is 2.14 bits per heavy atom. The van der Waals surface area contributed by atoms with E-state index in [0.717, 1.165) is 66.0 Å². The Labute approximate surface area is 179 Å². The van der Waals surface area contributed by atoms with Gasteiger partial charge in [-0.3, -0.25) is 9.78 Å². The number of carbonyl (C=O) groups is 1. The van der Waals surface area contributed by atoms with Gasteiger partial charge in [0.1, 0.15) is 5.65 Å². The summed E-state index contributed by atoms with van der Waals surface area (Å²) in [5.74, 6) is 1.31. The van der Waals surface area contributed by atoms with E-state index < -0.39 is 0 Å². The number of aromatic nitrogens is 3. The third-order valence-corrected chi connectivity index (χ3v) is 7.21. The maximum absolute atomic E-state index is 13.5. The highest BCUT2D eigenvalue weighted by Crippen LogP contribution is 2.53. The topological polar surface area (TPSA) is 51.0 Å². The fraction of sp³-hybridized carbons (Fsp3) is 0.409. The summed E-state index contributed by atoms with van der Waals surface area (Å²) in [6.07, 6.45) is 11.5. The molecule has 0 radical (unpaired) electrons. The molecule has 1 aliphatic carbocycles. The zero-order valence-corrected chi connectivity index (χ0v) is 18.0. The zero-order chi connectivity index (χ0) is 20.0. The van der Waals surface area contributed by atoms with Crippen molar-refractivity contribution in [2.45, 2.75) is 44.2 Å². The van der Waals surface area contributed by atoms with Crippen LogP contribution in [0, 0.1) is 0 Å². The van der Waals surface area contributed by atoms with Gasteiger partial charge in [-0.1, -0.05) is 18.0 Å². The molecule has 3 aromatic rings. The molecule has 7 heteroatoms. The van der Waals surface area contributed by atoms with Gasteiger partial charge < -0.3 is 9.47 Å². The summed E-state index contributed by atoms with van der Waals surface area (Å²) in [7, 11) is 0. The van der Waals surface area contributed by atoms with Crippen molar-refractivity contribution < 1.29 is 4.79 Å². The molecule has 0 unspecified atom stereocenters. The Kier molecular flexibility index (Phi) is 4.79. The molecule has 0 bridgehead atoms. The lowest BCUT2D eigenvalue weighted by molar-refractivity contribution is -0.126. The quantitative estimate of drug-likeness (QED) is 0.531. The van der Waals surface area contributed by atoms with Crippen molar-refractivity contribution in [2.24, 2.45) is 0 Å². The normalized spacial score (nSPS) is 17.2. The number of rotatable bonds is 6. The molecular formula is C22H23ClN4OS. The summed E-state index contributed by atoms with van der Waals surface area (Å²) in [5, 5.41) is 1.65. The third-order valence-electron chi connectivity index (χ3n) is 6.30. The monoisotopic (exact) mass is 426 g/mol. The van der Waals surface area contributed by atoms with Crippen molar-refractivity contribution in [2.75, 3.05) is 16.9 Å². The average molecular weight is 427 g/mol. The van der Waals surface area contributed by atoms with Crippen LogP contribution >= 0.6 is 23.4 Å². The molecule has 4 heterocycles. The van der Waals surface area contributed by atoms with Crippen molar-refractivity contribution in [3.05, 3.63) is 53.1 Å². The van der Waals surface area contributed by atoms with E-state index in [1.807, 2.05) is 35.0 Å². The minimum absolute atomic E-state index is 0.221. The van der Waals surface area contributed by atoms with Gasteiger partial charge in [0, 0.05) is 30.0 Å². The number of hydrogen-bond donors (Lipinski definition) is 0. The SMILES string of the molecule is CSCCCn1c(CN2C(=O)C3(CCC3)c3ccncc32)cc2cc(Cl)cnc21. The number of thioether (sulfide) groups is 1. The van der Waals surface area contributed by atoms with Gasteiger partial charge in [0.25, 0.3) is 0 Å². The fourth-order valence-electron chi connectivity index (χ4n) is 4.74. The molecular weight excluding hydrogens is 404 g/mol. The molecule has 1 aliphatic heterocycles. The second kappa shape index (κ2) is 7.33. The first-order valence-corrected chi connectivity index (χ1v) is 11.8. The van der Waals surface area contributed by atoms with E-state index in [9.17, 15) is 4.79 Å². The molecule has 150 valence electrons. The summed E-state index contributed by atoms with van der Waals surface area (Å²) in [4.78, 5) is 24.3. The van der Waals surface area contributed by atoms with Crippen molar-refractivity contribution >= 4 is 46.0 Å². The van der Waals surface area contributed by atoms with Crippen LogP contribution in [0.5, 0.6) is 0 Å². The van der Waals surface area contributed by atoms with Crippen LogP contribution in [0.25, 0.3) is 11.0 Å². The van der Waals surface area contributed by atoms with Gasteiger partial charge >= 0.3 is 0 Å². The molecule has 1 saturated carbocycles. The lowest BCUT2D eigenvalue weighted by Gasteiger charge is -2.37. The highest BCUT2D eigenvalue weighted by atomic mass is 35.5. The number of aryl methyl sites for hydroxylation is 1. The molecule has 1 fully saturated rings. The second-order valence-electron chi connectivity index (χ2n) is 7.92. The number of fused-ring (bicyclic) bond motifs is 3. The summed E-state index contributed by atoms with van der Waals surface area (Å²) < 4.78 is 2.25. The summed E-state index contributed by atoms with van der Waals surface area (Å²) in [6, 6.07) is 6.11. The Morgan fingerprint density at radius 1 is 1.28 bits per heavy atom. The van der Waals surface area contributed by atoms with Crippen molar-refractivity contribution in [1.29, 1.82) is 0 Å². The van der Waals surface area contributed by atoms with E-state index in [1.165, 1.54) is 0 Å². The first-order chi connectivity index (χ1) is 14.1. The largest absolute Gasteiger partial charge is 0.328 e. The molecule has 1 spiro atoms. The van der Waals surface area contributed by atoms with E-state index >= 15 is 0 Å². The molecule has 29 heavy (non-hydrogen) atoms. The van der Waals surface area contributed by atoms with Crippen LogP contribution in [0.3, 0.4) is 0 Å². The van der Waals surface area contributed by atoms with Gasteiger partial charge in [-0.2, -0.15) is 11.8 Å². The molecule has 3 aromatic heterocycles. The number of pyridine rings is 2. The maximum atomic E-state index is 13.5. The van der Waals surface area contributed by atoms with E-state index in [-0.39, 0.29) is 11.3 Å². The predicted molar refractivity (Wildman–Crippen MR) is 119 cm³/mol. The number of carbonyl (C=O) groups excluding carboxylic acids is 1. The number of nitrogens with zero attached hydrogens (tertiary/aromatic N) is 4. The van der Waals surface area contributed by atoms with Crippen molar-refractivity contribution in [1.82, 2.24) is 14.5 Å². The predicted octanol–water partition coefficient (Wildman–Crippen LogP) is 4.81. The first-order valence-electron chi connectivity index (χ1n) is 10.0. The molecule has 0 atom stereocenters. The Hall–Kier alpha value is -2.05. The van der Waals surface area contributed by atoms with Gasteiger partial charge in [0.15, 0.2) is 0 Å². The van der Waals surface area contributed by atoms with Crippen LogP contribution in [0.15, 0.2) is 36.8 Å². The fourth-order valence-corrected chi connectivity index (χ4v) is 5.33. The molecule has 0 N–H and O–H groups in total. The van der Waals surface area contributed by atoms with Gasteiger partial charge in [-0.25, -0.2) is 4.98 Å². The number of hydrogen-bond acceptors (Lipinski definition) is 4. The Balaban J connectivity index is 1.55. The molecule has 0 saturated heterocycles. The summed E-state index contributed by atoms with van der Waals surface area (Å²) in [6.45, 7) is 1.41.